The van der Waals surface area contributed by atoms with Gasteiger partial charge in [-0.3, -0.25) is 0 Å². The number of aryl methyl sites for hydroxylation is 1. The predicted octanol–water partition coefficient (Wildman–Crippen LogP) is 4.69. The highest BCUT2D eigenvalue weighted by molar-refractivity contribution is 5.98. The molecule has 2 nitrogen and oxygen atoms in total. The Balaban J connectivity index is 2.00. The highest BCUT2D eigenvalue weighted by Gasteiger charge is 2.05. The second-order valence-corrected chi connectivity index (χ2v) is 5.08. The van der Waals surface area contributed by atoms with Crippen molar-refractivity contribution in [2.75, 3.05) is 0 Å². The van der Waals surface area contributed by atoms with Gasteiger partial charge in [0.2, 0.25) is 0 Å². The molecule has 0 unspecified atom stereocenters. The third kappa shape index (κ3) is 1.69. The van der Waals surface area contributed by atoms with Gasteiger partial charge in [-0.1, -0.05) is 48.5 Å². The number of H-pyrrole nitrogens is 1. The Morgan fingerprint density at radius 1 is 0.900 bits per heavy atom. The lowest BCUT2D eigenvalue weighted by Crippen LogP contribution is -1.81. The molecule has 1 N–H and O–H groups in total. The van der Waals surface area contributed by atoms with Crippen LogP contribution in [0.5, 0.6) is 0 Å². The van der Waals surface area contributed by atoms with Crippen LogP contribution >= 0.6 is 0 Å². The van der Waals surface area contributed by atoms with E-state index in [0.29, 0.717) is 0 Å². The Bertz CT molecular complexity index is 914. The summed E-state index contributed by atoms with van der Waals surface area (Å²) in [6.07, 6.45) is 0. The number of nitrogens with zero attached hydrogens (tertiary/aromatic N) is 1. The molecule has 0 aliphatic heterocycles. The molecule has 96 valence electrons. The van der Waals surface area contributed by atoms with Crippen LogP contribution in [0.15, 0.2) is 60.7 Å². The Hall–Kier alpha value is -2.61. The van der Waals surface area contributed by atoms with Gasteiger partial charge in [0, 0.05) is 0 Å². The van der Waals surface area contributed by atoms with Crippen molar-refractivity contribution >= 4 is 21.8 Å². The fourth-order valence-corrected chi connectivity index (χ4v) is 2.78. The maximum atomic E-state index is 4.45. The SMILES string of the molecule is Cc1nc2ccc(-c3cccc4ccccc34)cc2[nH]1. The van der Waals surface area contributed by atoms with Crippen LogP contribution in [0, 0.1) is 6.92 Å². The van der Waals surface area contributed by atoms with Crippen LogP contribution in [-0.4, -0.2) is 9.97 Å². The molecule has 4 aromatic rings. The molecule has 0 atom stereocenters. The van der Waals surface area contributed by atoms with E-state index < -0.39 is 0 Å². The molecule has 1 aromatic heterocycles. The van der Waals surface area contributed by atoms with Crippen molar-refractivity contribution in [1.29, 1.82) is 0 Å². The zero-order chi connectivity index (χ0) is 13.5. The smallest absolute Gasteiger partial charge is 0.104 e. The van der Waals surface area contributed by atoms with E-state index in [0.717, 1.165) is 16.9 Å². The van der Waals surface area contributed by atoms with Crippen LogP contribution < -0.4 is 0 Å². The van der Waals surface area contributed by atoms with Gasteiger partial charge < -0.3 is 4.98 Å². The number of nitrogens with one attached hydrogen (secondary N) is 1. The molecule has 0 saturated heterocycles. The minimum absolute atomic E-state index is 0.954. The van der Waals surface area contributed by atoms with E-state index in [9.17, 15) is 0 Å². The van der Waals surface area contributed by atoms with E-state index in [4.69, 9.17) is 0 Å². The quantitative estimate of drug-likeness (QED) is 0.527. The molecule has 0 aliphatic carbocycles. The number of aromatic amines is 1. The topological polar surface area (TPSA) is 28.7 Å². The molecular formula is C18H14N2. The number of benzene rings is 3. The van der Waals surface area contributed by atoms with E-state index >= 15 is 0 Å². The van der Waals surface area contributed by atoms with Crippen LogP contribution in [0.1, 0.15) is 5.82 Å². The van der Waals surface area contributed by atoms with Gasteiger partial charge >= 0.3 is 0 Å². The Kier molecular flexibility index (Phi) is 2.36. The second-order valence-electron chi connectivity index (χ2n) is 5.08. The number of rotatable bonds is 1. The van der Waals surface area contributed by atoms with E-state index in [2.05, 4.69) is 70.6 Å². The normalized spacial score (nSPS) is 11.2. The molecule has 2 heteroatoms. The standard InChI is InChI=1S/C18H14N2/c1-12-19-17-10-9-14(11-18(17)20-12)16-8-4-6-13-5-2-3-7-15(13)16/h2-11H,1H3,(H,19,20). The first-order valence-corrected chi connectivity index (χ1v) is 6.76. The zero-order valence-corrected chi connectivity index (χ0v) is 11.2. The lowest BCUT2D eigenvalue weighted by atomic mass is 9.98. The summed E-state index contributed by atoms with van der Waals surface area (Å²) in [6, 6.07) is 21.3. The van der Waals surface area contributed by atoms with Crippen molar-refractivity contribution in [2.45, 2.75) is 6.92 Å². The van der Waals surface area contributed by atoms with Crippen LogP contribution in [0.2, 0.25) is 0 Å². The number of aromatic nitrogens is 2. The van der Waals surface area contributed by atoms with Crippen molar-refractivity contribution < 1.29 is 0 Å². The van der Waals surface area contributed by atoms with E-state index in [1.54, 1.807) is 0 Å². The largest absolute Gasteiger partial charge is 0.342 e. The van der Waals surface area contributed by atoms with Crippen LogP contribution in [-0.2, 0) is 0 Å². The van der Waals surface area contributed by atoms with Gasteiger partial charge in [-0.05, 0) is 41.0 Å². The van der Waals surface area contributed by atoms with E-state index in [1.165, 1.54) is 21.9 Å². The average Bonchev–Trinajstić information content (AvgIpc) is 2.85. The molecule has 0 fully saturated rings. The van der Waals surface area contributed by atoms with Crippen LogP contribution in [0.3, 0.4) is 0 Å². The first-order chi connectivity index (χ1) is 9.81. The number of fused-ring (bicyclic) bond motifs is 2. The summed E-state index contributed by atoms with van der Waals surface area (Å²) in [5, 5.41) is 2.55. The molecule has 0 radical (unpaired) electrons. The minimum Gasteiger partial charge on any atom is -0.342 e. The summed E-state index contributed by atoms with van der Waals surface area (Å²) < 4.78 is 0. The third-order valence-corrected chi connectivity index (χ3v) is 3.70. The molecule has 4 rings (SSSR count). The number of imidazole rings is 1. The second kappa shape index (κ2) is 4.20. The van der Waals surface area contributed by atoms with Gasteiger partial charge in [0.25, 0.3) is 0 Å². The van der Waals surface area contributed by atoms with Crippen molar-refractivity contribution in [1.82, 2.24) is 9.97 Å². The Labute approximate surface area is 117 Å². The van der Waals surface area contributed by atoms with Gasteiger partial charge in [0.15, 0.2) is 0 Å². The lowest BCUT2D eigenvalue weighted by Gasteiger charge is -2.06. The minimum atomic E-state index is 0.954. The molecule has 0 bridgehead atoms. The van der Waals surface area contributed by atoms with E-state index in [1.807, 2.05) is 6.92 Å². The summed E-state index contributed by atoms with van der Waals surface area (Å²) >= 11 is 0. The van der Waals surface area contributed by atoms with Crippen molar-refractivity contribution in [2.24, 2.45) is 0 Å². The lowest BCUT2D eigenvalue weighted by molar-refractivity contribution is 1.17. The highest BCUT2D eigenvalue weighted by Crippen LogP contribution is 2.30. The summed E-state index contributed by atoms with van der Waals surface area (Å²) in [4.78, 5) is 7.76. The maximum Gasteiger partial charge on any atom is 0.104 e. The third-order valence-electron chi connectivity index (χ3n) is 3.70. The molecule has 0 aliphatic rings. The summed E-state index contributed by atoms with van der Waals surface area (Å²) in [5.41, 5.74) is 4.59. The number of hydrogen-bond donors (Lipinski definition) is 1. The zero-order valence-electron chi connectivity index (χ0n) is 11.2. The van der Waals surface area contributed by atoms with Crippen molar-refractivity contribution in [3.05, 3.63) is 66.5 Å². The summed E-state index contributed by atoms with van der Waals surface area (Å²) in [7, 11) is 0. The predicted molar refractivity (Wildman–Crippen MR) is 83.8 cm³/mol. The highest BCUT2D eigenvalue weighted by atomic mass is 14.9. The fourth-order valence-electron chi connectivity index (χ4n) is 2.78. The molecule has 1 heterocycles. The Morgan fingerprint density at radius 2 is 1.75 bits per heavy atom. The first-order valence-electron chi connectivity index (χ1n) is 6.76. The average molecular weight is 258 g/mol. The van der Waals surface area contributed by atoms with Crippen LogP contribution in [0.25, 0.3) is 32.9 Å². The van der Waals surface area contributed by atoms with E-state index in [-0.39, 0.29) is 0 Å². The number of hydrogen-bond acceptors (Lipinski definition) is 1. The van der Waals surface area contributed by atoms with Gasteiger partial charge in [-0.15, -0.1) is 0 Å². The van der Waals surface area contributed by atoms with Gasteiger partial charge in [-0.2, -0.15) is 0 Å². The molecule has 0 spiro atoms. The Morgan fingerprint density at radius 3 is 2.70 bits per heavy atom. The molecule has 20 heavy (non-hydrogen) atoms. The van der Waals surface area contributed by atoms with Crippen LogP contribution in [0.4, 0.5) is 0 Å². The molecular weight excluding hydrogens is 244 g/mol. The summed E-state index contributed by atoms with van der Waals surface area (Å²) in [6.45, 7) is 1.98. The summed E-state index contributed by atoms with van der Waals surface area (Å²) in [5.74, 6) is 0.954. The monoisotopic (exact) mass is 258 g/mol. The van der Waals surface area contributed by atoms with Crippen molar-refractivity contribution in [3.63, 3.8) is 0 Å². The first kappa shape index (κ1) is 11.2. The molecule has 0 saturated carbocycles. The van der Waals surface area contributed by atoms with Gasteiger partial charge in [0.05, 0.1) is 11.0 Å². The molecule has 0 amide bonds. The van der Waals surface area contributed by atoms with Gasteiger partial charge in [0.1, 0.15) is 5.82 Å². The fraction of sp³-hybridized carbons (Fsp3) is 0.0556. The maximum absolute atomic E-state index is 4.45. The van der Waals surface area contributed by atoms with Gasteiger partial charge in [-0.25, -0.2) is 4.98 Å². The molecule has 3 aromatic carbocycles. The van der Waals surface area contributed by atoms with Crippen molar-refractivity contribution in [3.8, 4) is 11.1 Å².